The molecule has 1 fully saturated rings. The minimum atomic E-state index is -0.869. The topological polar surface area (TPSA) is 94.1 Å². The Balaban J connectivity index is 1.87. The summed E-state index contributed by atoms with van der Waals surface area (Å²) in [5.74, 6) is -0.176. The van der Waals surface area contributed by atoms with Crippen molar-refractivity contribution >= 4 is 11.9 Å². The summed E-state index contributed by atoms with van der Waals surface area (Å²) < 4.78 is 15.8. The van der Waals surface area contributed by atoms with Crippen LogP contribution in [0.3, 0.4) is 0 Å². The molecule has 144 valence electrons. The molecule has 7 heteroatoms. The van der Waals surface area contributed by atoms with Gasteiger partial charge in [0.1, 0.15) is 11.5 Å². The number of carboxylic acid groups (broad SMARTS) is 1. The predicted octanol–water partition coefficient (Wildman–Crippen LogP) is 1.88. The second-order valence-electron chi connectivity index (χ2n) is 6.38. The molecule has 2 N–H and O–H groups in total. The molecule has 1 amide bonds. The molecule has 2 rings (SSSR count). The highest BCUT2D eigenvalue weighted by Crippen LogP contribution is 2.26. The summed E-state index contributed by atoms with van der Waals surface area (Å²) in [6.45, 7) is 1.31. The van der Waals surface area contributed by atoms with Crippen molar-refractivity contribution in [1.82, 2.24) is 5.32 Å². The molecule has 1 unspecified atom stereocenters. The Morgan fingerprint density at radius 3 is 2.62 bits per heavy atom. The average Bonchev–Trinajstić information content (AvgIpc) is 2.66. The van der Waals surface area contributed by atoms with Gasteiger partial charge in [-0.25, -0.2) is 0 Å². The van der Waals surface area contributed by atoms with E-state index in [4.69, 9.17) is 14.2 Å². The maximum Gasteiger partial charge on any atom is 0.308 e. The molecule has 1 saturated heterocycles. The fourth-order valence-corrected chi connectivity index (χ4v) is 3.21. The third kappa shape index (κ3) is 5.62. The summed E-state index contributed by atoms with van der Waals surface area (Å²) in [5.41, 5.74) is 0.876. The summed E-state index contributed by atoms with van der Waals surface area (Å²) in [4.78, 5) is 23.7. The largest absolute Gasteiger partial charge is 0.497 e. The highest BCUT2D eigenvalue weighted by molar-refractivity contribution is 5.77. The average molecular weight is 365 g/mol. The minimum Gasteiger partial charge on any atom is -0.497 e. The number of methoxy groups -OCH3 is 2. The number of carbonyl (C=O) groups is 2. The number of benzene rings is 1. The van der Waals surface area contributed by atoms with E-state index in [1.54, 1.807) is 26.4 Å². The van der Waals surface area contributed by atoms with Gasteiger partial charge in [0.15, 0.2) is 0 Å². The lowest BCUT2D eigenvalue weighted by Crippen LogP contribution is -2.39. The molecule has 0 aromatic heterocycles. The van der Waals surface area contributed by atoms with E-state index < -0.39 is 11.9 Å². The van der Waals surface area contributed by atoms with E-state index in [2.05, 4.69) is 5.32 Å². The fraction of sp³-hybridized carbons (Fsp3) is 0.579. The minimum absolute atomic E-state index is 0.0417. The number of carbonyl (C=O) groups excluding carboxylic acids is 1. The number of carboxylic acids is 1. The Morgan fingerprint density at radius 2 is 2.00 bits per heavy atom. The van der Waals surface area contributed by atoms with Gasteiger partial charge < -0.3 is 24.6 Å². The van der Waals surface area contributed by atoms with Crippen molar-refractivity contribution in [3.8, 4) is 11.5 Å². The molecule has 0 bridgehead atoms. The van der Waals surface area contributed by atoms with Gasteiger partial charge in [0, 0.05) is 26.2 Å². The van der Waals surface area contributed by atoms with Gasteiger partial charge in [-0.1, -0.05) is 0 Å². The molecule has 0 saturated carbocycles. The highest BCUT2D eigenvalue weighted by Gasteiger charge is 2.29. The monoisotopic (exact) mass is 365 g/mol. The second kappa shape index (κ2) is 10.0. The first-order valence-electron chi connectivity index (χ1n) is 8.83. The van der Waals surface area contributed by atoms with Crippen LogP contribution >= 0.6 is 0 Å². The Labute approximate surface area is 153 Å². The predicted molar refractivity (Wildman–Crippen MR) is 95.5 cm³/mol. The van der Waals surface area contributed by atoms with E-state index in [9.17, 15) is 14.7 Å². The van der Waals surface area contributed by atoms with Crippen LogP contribution in [-0.2, 0) is 20.7 Å². The fourth-order valence-electron chi connectivity index (χ4n) is 3.21. The Bertz CT molecular complexity index is 612. The maximum absolute atomic E-state index is 12.2. The number of hydrogen-bond donors (Lipinski definition) is 2. The lowest BCUT2D eigenvalue weighted by atomic mass is 9.86. The van der Waals surface area contributed by atoms with Gasteiger partial charge in [-0.05, 0) is 48.9 Å². The van der Waals surface area contributed by atoms with Crippen molar-refractivity contribution in [2.45, 2.75) is 25.7 Å². The number of aliphatic carboxylic acids is 1. The summed E-state index contributed by atoms with van der Waals surface area (Å²) in [6, 6.07) is 5.44. The number of nitrogens with one attached hydrogen (secondary N) is 1. The highest BCUT2D eigenvalue weighted by atomic mass is 16.5. The van der Waals surface area contributed by atoms with Gasteiger partial charge in [0.25, 0.3) is 0 Å². The Hall–Kier alpha value is -2.28. The molecule has 0 spiro atoms. The standard InChI is InChI=1S/C19H27NO6/c1-24-15-4-5-17(25-2)14(11-15)3-6-18(21)20-12-16(19(22)23)13-7-9-26-10-8-13/h4-5,11,13,16H,3,6-10,12H2,1-2H3,(H,20,21)(H,22,23). The maximum atomic E-state index is 12.2. The van der Waals surface area contributed by atoms with Gasteiger partial charge in [-0.3, -0.25) is 9.59 Å². The first-order chi connectivity index (χ1) is 12.5. The molecule has 7 nitrogen and oxygen atoms in total. The summed E-state index contributed by atoms with van der Waals surface area (Å²) >= 11 is 0. The Morgan fingerprint density at radius 1 is 1.27 bits per heavy atom. The molecule has 1 aliphatic rings. The molecule has 0 radical (unpaired) electrons. The van der Waals surface area contributed by atoms with Crippen LogP contribution in [0, 0.1) is 11.8 Å². The van der Waals surface area contributed by atoms with Crippen LogP contribution in [0.1, 0.15) is 24.8 Å². The van der Waals surface area contributed by atoms with Crippen molar-refractivity contribution < 1.29 is 28.9 Å². The van der Waals surface area contributed by atoms with Crippen LogP contribution in [0.5, 0.6) is 11.5 Å². The van der Waals surface area contributed by atoms with Crippen LogP contribution in [0.4, 0.5) is 0 Å². The lowest BCUT2D eigenvalue weighted by Gasteiger charge is -2.27. The van der Waals surface area contributed by atoms with E-state index >= 15 is 0 Å². The molecule has 1 heterocycles. The number of hydrogen-bond acceptors (Lipinski definition) is 5. The SMILES string of the molecule is COc1ccc(OC)c(CCC(=O)NCC(C(=O)O)C2CCOCC2)c1. The van der Waals surface area contributed by atoms with E-state index in [0.29, 0.717) is 44.0 Å². The summed E-state index contributed by atoms with van der Waals surface area (Å²) in [6.07, 6.45) is 2.17. The van der Waals surface area contributed by atoms with Crippen LogP contribution < -0.4 is 14.8 Å². The molecular weight excluding hydrogens is 338 g/mol. The van der Waals surface area contributed by atoms with Gasteiger partial charge in [-0.15, -0.1) is 0 Å². The number of rotatable bonds is 9. The zero-order valence-corrected chi connectivity index (χ0v) is 15.3. The lowest BCUT2D eigenvalue weighted by molar-refractivity contribution is -0.144. The van der Waals surface area contributed by atoms with E-state index in [-0.39, 0.29) is 24.8 Å². The quantitative estimate of drug-likeness (QED) is 0.694. The van der Waals surface area contributed by atoms with Gasteiger partial charge >= 0.3 is 5.97 Å². The first-order valence-corrected chi connectivity index (χ1v) is 8.83. The molecule has 1 aliphatic heterocycles. The van der Waals surface area contributed by atoms with Crippen molar-refractivity contribution in [2.75, 3.05) is 34.0 Å². The van der Waals surface area contributed by atoms with Crippen molar-refractivity contribution in [2.24, 2.45) is 11.8 Å². The van der Waals surface area contributed by atoms with Gasteiger partial charge in [0.05, 0.1) is 20.1 Å². The molecular formula is C19H27NO6. The molecule has 26 heavy (non-hydrogen) atoms. The van der Waals surface area contributed by atoms with Crippen LogP contribution in [0.2, 0.25) is 0 Å². The molecule has 1 atom stereocenters. The summed E-state index contributed by atoms with van der Waals surface area (Å²) in [5, 5.41) is 12.2. The first kappa shape index (κ1) is 20.0. The summed E-state index contributed by atoms with van der Waals surface area (Å²) in [7, 11) is 3.16. The van der Waals surface area contributed by atoms with Crippen molar-refractivity contribution in [3.05, 3.63) is 23.8 Å². The third-order valence-corrected chi connectivity index (χ3v) is 4.78. The number of aryl methyl sites for hydroxylation is 1. The van der Waals surface area contributed by atoms with Crippen LogP contribution in [0.25, 0.3) is 0 Å². The molecule has 0 aliphatic carbocycles. The van der Waals surface area contributed by atoms with Crippen molar-refractivity contribution in [1.29, 1.82) is 0 Å². The van der Waals surface area contributed by atoms with Gasteiger partial charge in [0.2, 0.25) is 5.91 Å². The van der Waals surface area contributed by atoms with Crippen LogP contribution in [0.15, 0.2) is 18.2 Å². The zero-order valence-electron chi connectivity index (χ0n) is 15.3. The Kier molecular flexibility index (Phi) is 7.72. The van der Waals surface area contributed by atoms with E-state index in [0.717, 1.165) is 5.56 Å². The van der Waals surface area contributed by atoms with Crippen molar-refractivity contribution in [3.63, 3.8) is 0 Å². The number of ether oxygens (including phenoxy) is 3. The van der Waals surface area contributed by atoms with E-state index in [1.165, 1.54) is 0 Å². The smallest absolute Gasteiger partial charge is 0.308 e. The zero-order chi connectivity index (χ0) is 18.9. The van der Waals surface area contributed by atoms with Crippen LogP contribution in [-0.4, -0.2) is 51.0 Å². The van der Waals surface area contributed by atoms with E-state index in [1.807, 2.05) is 6.07 Å². The third-order valence-electron chi connectivity index (χ3n) is 4.78. The molecule has 1 aromatic carbocycles. The van der Waals surface area contributed by atoms with Gasteiger partial charge in [-0.2, -0.15) is 0 Å². The normalized spacial score (nSPS) is 15.9. The number of amides is 1. The second-order valence-corrected chi connectivity index (χ2v) is 6.38. The molecule has 1 aromatic rings.